The third-order valence-corrected chi connectivity index (χ3v) is 1.84. The van der Waals surface area contributed by atoms with E-state index >= 15 is 0 Å². The van der Waals surface area contributed by atoms with Gasteiger partial charge in [-0.3, -0.25) is 0 Å². The van der Waals surface area contributed by atoms with E-state index < -0.39 is 0 Å². The Balaban J connectivity index is -0.000000152. The first-order chi connectivity index (χ1) is 6.68. The lowest BCUT2D eigenvalue weighted by Gasteiger charge is -1.98. The van der Waals surface area contributed by atoms with E-state index in [1.54, 1.807) is 0 Å². The molecule has 0 atom stereocenters. The minimum atomic E-state index is 0.903. The van der Waals surface area contributed by atoms with Crippen LogP contribution in [0.2, 0.25) is 0 Å². The smallest absolute Gasteiger partial charge is 0.0471 e. The molecule has 0 N–H and O–H groups in total. The molecule has 0 heterocycles. The molecular formula is C14H34. The molecule has 14 heavy (non-hydrogen) atoms. The van der Waals surface area contributed by atoms with Crippen molar-refractivity contribution in [3.63, 3.8) is 0 Å². The van der Waals surface area contributed by atoms with E-state index in [1.165, 1.54) is 38.5 Å². The highest BCUT2D eigenvalue weighted by Gasteiger charge is 1.88. The lowest BCUT2D eigenvalue weighted by molar-refractivity contribution is 0.550. The van der Waals surface area contributed by atoms with E-state index in [2.05, 4.69) is 34.6 Å². The Morgan fingerprint density at radius 3 is 1.14 bits per heavy atom. The average Bonchev–Trinajstić information content (AvgIpc) is 2.20. The zero-order valence-electron chi connectivity index (χ0n) is 11.8. The SMILES string of the molecule is CC.CCCCC.CCCCC(C)C. The van der Waals surface area contributed by atoms with Gasteiger partial charge in [-0.1, -0.05) is 87.0 Å². The van der Waals surface area contributed by atoms with Crippen LogP contribution in [0.1, 0.15) is 87.0 Å². The Labute approximate surface area is 93.5 Å². The molecule has 0 aliphatic rings. The zero-order valence-corrected chi connectivity index (χ0v) is 11.8. The van der Waals surface area contributed by atoms with Crippen LogP contribution in [0.4, 0.5) is 0 Å². The maximum Gasteiger partial charge on any atom is -0.0471 e. The van der Waals surface area contributed by atoms with Crippen LogP contribution in [0.25, 0.3) is 0 Å². The van der Waals surface area contributed by atoms with Gasteiger partial charge in [0.05, 0.1) is 0 Å². The Morgan fingerprint density at radius 1 is 0.714 bits per heavy atom. The molecule has 0 aliphatic carbocycles. The highest BCUT2D eigenvalue weighted by Crippen LogP contribution is 2.04. The molecule has 0 aliphatic heterocycles. The number of rotatable bonds is 5. The van der Waals surface area contributed by atoms with Crippen LogP contribution < -0.4 is 0 Å². The largest absolute Gasteiger partial charge is 0.0683 e. The van der Waals surface area contributed by atoms with Crippen molar-refractivity contribution in [2.75, 3.05) is 0 Å². The molecule has 0 bridgehead atoms. The first kappa shape index (κ1) is 19.6. The summed E-state index contributed by atoms with van der Waals surface area (Å²) in [5, 5.41) is 0. The van der Waals surface area contributed by atoms with Crippen LogP contribution in [0, 0.1) is 5.92 Å². The van der Waals surface area contributed by atoms with Crippen molar-refractivity contribution >= 4 is 0 Å². The van der Waals surface area contributed by atoms with Crippen molar-refractivity contribution in [1.82, 2.24) is 0 Å². The molecular weight excluding hydrogens is 168 g/mol. The molecule has 0 spiro atoms. The summed E-state index contributed by atoms with van der Waals surface area (Å²) in [6.07, 6.45) is 8.22. The van der Waals surface area contributed by atoms with Crippen molar-refractivity contribution in [2.24, 2.45) is 5.92 Å². The summed E-state index contributed by atoms with van der Waals surface area (Å²) < 4.78 is 0. The molecule has 0 radical (unpaired) electrons. The van der Waals surface area contributed by atoms with Gasteiger partial charge in [-0.25, -0.2) is 0 Å². The molecule has 0 saturated heterocycles. The Bertz CT molecular complexity index is 53.1. The monoisotopic (exact) mass is 202 g/mol. The second-order valence-electron chi connectivity index (χ2n) is 3.89. The molecule has 90 valence electrons. The number of unbranched alkanes of at least 4 members (excludes halogenated alkanes) is 3. The Morgan fingerprint density at radius 2 is 1.07 bits per heavy atom. The molecule has 0 unspecified atom stereocenters. The third kappa shape index (κ3) is 40.3. The molecule has 0 aromatic heterocycles. The Hall–Kier alpha value is 0. The van der Waals surface area contributed by atoms with Crippen LogP contribution in [0.15, 0.2) is 0 Å². The van der Waals surface area contributed by atoms with Gasteiger partial charge < -0.3 is 0 Å². The van der Waals surface area contributed by atoms with E-state index in [1.807, 2.05) is 13.8 Å². The standard InChI is InChI=1S/C7H16.C5H12.C2H6/c1-4-5-6-7(2)3;1-3-5-4-2;1-2/h7H,4-6H2,1-3H3;3-5H2,1-2H3;1-2H3. The van der Waals surface area contributed by atoms with Crippen molar-refractivity contribution in [2.45, 2.75) is 87.0 Å². The van der Waals surface area contributed by atoms with Gasteiger partial charge in [0, 0.05) is 0 Å². The summed E-state index contributed by atoms with van der Waals surface area (Å²) in [6.45, 7) is 15.2. The number of hydrogen-bond donors (Lipinski definition) is 0. The van der Waals surface area contributed by atoms with E-state index in [9.17, 15) is 0 Å². The summed E-state index contributed by atoms with van der Waals surface area (Å²) in [4.78, 5) is 0. The second kappa shape index (κ2) is 23.1. The zero-order chi connectivity index (χ0) is 11.8. The van der Waals surface area contributed by atoms with Gasteiger partial charge in [0.1, 0.15) is 0 Å². The van der Waals surface area contributed by atoms with Crippen LogP contribution in [0.5, 0.6) is 0 Å². The minimum Gasteiger partial charge on any atom is -0.0683 e. The maximum atomic E-state index is 2.27. The lowest BCUT2D eigenvalue weighted by Crippen LogP contribution is -1.83. The van der Waals surface area contributed by atoms with E-state index in [0.717, 1.165) is 5.92 Å². The van der Waals surface area contributed by atoms with Gasteiger partial charge in [0.15, 0.2) is 0 Å². The predicted octanol–water partition coefficient (Wildman–Crippen LogP) is 6.06. The number of hydrogen-bond acceptors (Lipinski definition) is 0. The van der Waals surface area contributed by atoms with E-state index in [4.69, 9.17) is 0 Å². The van der Waals surface area contributed by atoms with Crippen LogP contribution >= 0.6 is 0 Å². The van der Waals surface area contributed by atoms with Crippen molar-refractivity contribution in [3.05, 3.63) is 0 Å². The quantitative estimate of drug-likeness (QED) is 0.508. The van der Waals surface area contributed by atoms with Gasteiger partial charge in [0.2, 0.25) is 0 Å². The van der Waals surface area contributed by atoms with Crippen LogP contribution in [-0.2, 0) is 0 Å². The summed E-state index contributed by atoms with van der Waals surface area (Å²) >= 11 is 0. The molecule has 0 amide bonds. The minimum absolute atomic E-state index is 0.903. The summed E-state index contributed by atoms with van der Waals surface area (Å²) in [7, 11) is 0. The fourth-order valence-corrected chi connectivity index (χ4v) is 0.966. The lowest BCUT2D eigenvalue weighted by atomic mass is 10.1. The summed E-state index contributed by atoms with van der Waals surface area (Å²) in [6, 6.07) is 0. The van der Waals surface area contributed by atoms with Crippen LogP contribution in [-0.4, -0.2) is 0 Å². The second-order valence-corrected chi connectivity index (χ2v) is 3.89. The highest BCUT2D eigenvalue weighted by molar-refractivity contribution is 4.42. The topological polar surface area (TPSA) is 0 Å². The van der Waals surface area contributed by atoms with Crippen LogP contribution in [0.3, 0.4) is 0 Å². The van der Waals surface area contributed by atoms with E-state index in [-0.39, 0.29) is 0 Å². The molecule has 0 nitrogen and oxygen atoms in total. The van der Waals surface area contributed by atoms with Crippen molar-refractivity contribution < 1.29 is 0 Å². The fraction of sp³-hybridized carbons (Fsp3) is 1.00. The Kier molecular flexibility index (Phi) is 32.3. The molecule has 0 heteroatoms. The summed E-state index contributed by atoms with van der Waals surface area (Å²) in [5.41, 5.74) is 0. The molecule has 0 aromatic rings. The van der Waals surface area contributed by atoms with Crippen molar-refractivity contribution in [1.29, 1.82) is 0 Å². The highest BCUT2D eigenvalue weighted by atomic mass is 13.9. The molecule has 0 rings (SSSR count). The van der Waals surface area contributed by atoms with E-state index in [0.29, 0.717) is 0 Å². The van der Waals surface area contributed by atoms with Crippen molar-refractivity contribution in [3.8, 4) is 0 Å². The fourth-order valence-electron chi connectivity index (χ4n) is 0.966. The van der Waals surface area contributed by atoms with Gasteiger partial charge in [0.25, 0.3) is 0 Å². The normalized spacial score (nSPS) is 8.57. The van der Waals surface area contributed by atoms with Gasteiger partial charge >= 0.3 is 0 Å². The third-order valence-electron chi connectivity index (χ3n) is 1.84. The maximum absolute atomic E-state index is 2.27. The van der Waals surface area contributed by atoms with Gasteiger partial charge in [-0.2, -0.15) is 0 Å². The predicted molar refractivity (Wildman–Crippen MR) is 70.9 cm³/mol. The molecule has 0 aromatic carbocycles. The molecule has 0 fully saturated rings. The summed E-state index contributed by atoms with van der Waals surface area (Å²) in [5.74, 6) is 0.903. The first-order valence-electron chi connectivity index (χ1n) is 6.68. The van der Waals surface area contributed by atoms with Gasteiger partial charge in [-0.15, -0.1) is 0 Å². The molecule has 0 saturated carbocycles. The van der Waals surface area contributed by atoms with Gasteiger partial charge in [-0.05, 0) is 5.92 Å². The first-order valence-corrected chi connectivity index (χ1v) is 6.68. The average molecular weight is 202 g/mol.